The molecule has 0 aromatic heterocycles. The number of hydrogen-bond donors (Lipinski definition) is 4. The molecular weight excluding hydrogens is 514 g/mol. The van der Waals surface area contributed by atoms with Crippen LogP contribution in [0.1, 0.15) is 46.1 Å². The first kappa shape index (κ1) is 33.4. The molecule has 0 aliphatic carbocycles. The Kier molecular flexibility index (Phi) is 15.4. The molecule has 0 radical (unpaired) electrons. The average molecular weight is 560 g/mol. The molecule has 1 rings (SSSR count). The van der Waals surface area contributed by atoms with E-state index in [2.05, 4.69) is 37.1 Å². The number of esters is 1. The third-order valence-corrected chi connectivity index (χ3v) is 7.42. The highest BCUT2D eigenvalue weighted by Gasteiger charge is 2.30. The van der Waals surface area contributed by atoms with Gasteiger partial charge in [0.05, 0.1) is 18.5 Å². The van der Waals surface area contributed by atoms with Crippen LogP contribution in [0.5, 0.6) is 0 Å². The fourth-order valence-corrected chi connectivity index (χ4v) is 4.30. The van der Waals surface area contributed by atoms with Crippen LogP contribution in [0.25, 0.3) is 0 Å². The standard InChI is InChI=1S/C26H45N3O6S2/c1-6-19(4)23(28-15-21(27)17-36)16-34-24(14-20-10-8-7-9-11-20)25(30)29-22(12-13-37(5,32)33)26(31)35-18(2)3/h7-11,18-19,21-24,28,36H,6,12-17,27H2,1-5H3,(H,29,30)/t19-,21-,22+,23+,24-/m0/s1. The smallest absolute Gasteiger partial charge is 0.328 e. The van der Waals surface area contributed by atoms with Gasteiger partial charge in [0.25, 0.3) is 0 Å². The molecule has 1 aromatic rings. The predicted molar refractivity (Wildman–Crippen MR) is 150 cm³/mol. The van der Waals surface area contributed by atoms with Crippen molar-refractivity contribution in [3.8, 4) is 0 Å². The van der Waals surface area contributed by atoms with E-state index in [1.54, 1.807) is 13.8 Å². The maximum atomic E-state index is 13.4. The lowest BCUT2D eigenvalue weighted by Crippen LogP contribution is -2.50. The minimum atomic E-state index is -3.35. The number of amides is 1. The number of rotatable bonds is 18. The van der Waals surface area contributed by atoms with Crippen LogP contribution in [-0.2, 0) is 35.3 Å². The Morgan fingerprint density at radius 2 is 1.78 bits per heavy atom. The summed E-state index contributed by atoms with van der Waals surface area (Å²) in [5, 5.41) is 6.11. The molecule has 0 saturated heterocycles. The number of hydrogen-bond acceptors (Lipinski definition) is 9. The third-order valence-electron chi connectivity index (χ3n) is 5.97. The van der Waals surface area contributed by atoms with Crippen molar-refractivity contribution < 1.29 is 27.5 Å². The van der Waals surface area contributed by atoms with Gasteiger partial charge in [0.15, 0.2) is 0 Å². The lowest BCUT2D eigenvalue weighted by molar-refractivity contribution is -0.153. The van der Waals surface area contributed by atoms with Gasteiger partial charge in [-0.2, -0.15) is 12.6 Å². The molecule has 0 bridgehead atoms. The van der Waals surface area contributed by atoms with Crippen molar-refractivity contribution in [1.82, 2.24) is 10.6 Å². The van der Waals surface area contributed by atoms with Crippen molar-refractivity contribution in [3.05, 3.63) is 35.9 Å². The Morgan fingerprint density at radius 1 is 1.14 bits per heavy atom. The molecule has 0 saturated carbocycles. The number of thiol groups is 1. The van der Waals surface area contributed by atoms with Crippen LogP contribution < -0.4 is 16.4 Å². The van der Waals surface area contributed by atoms with Gasteiger partial charge in [0, 0.05) is 37.1 Å². The normalized spacial score (nSPS) is 16.0. The summed E-state index contributed by atoms with van der Waals surface area (Å²) in [5.74, 6) is -0.637. The maximum absolute atomic E-state index is 13.4. The highest BCUT2D eigenvalue weighted by atomic mass is 32.2. The van der Waals surface area contributed by atoms with Crippen LogP contribution in [-0.4, -0.2) is 81.5 Å². The molecule has 37 heavy (non-hydrogen) atoms. The van der Waals surface area contributed by atoms with Gasteiger partial charge in [-0.3, -0.25) is 4.79 Å². The summed E-state index contributed by atoms with van der Waals surface area (Å²) in [6.07, 6.45) is 0.875. The van der Waals surface area contributed by atoms with Gasteiger partial charge >= 0.3 is 5.97 Å². The summed E-state index contributed by atoms with van der Waals surface area (Å²) in [7, 11) is -3.35. The number of benzene rings is 1. The van der Waals surface area contributed by atoms with E-state index in [-0.39, 0.29) is 43.2 Å². The zero-order valence-electron chi connectivity index (χ0n) is 22.7. The van der Waals surface area contributed by atoms with E-state index in [1.165, 1.54) is 0 Å². The molecule has 0 unspecified atom stereocenters. The first-order chi connectivity index (χ1) is 17.4. The SMILES string of the molecule is CC[C@H](C)[C@@H](CO[C@@H](Cc1ccccc1)C(=O)N[C@H](CCS(C)(=O)=O)C(=O)OC(C)C)NC[C@H](N)CS. The fraction of sp³-hybridized carbons (Fsp3) is 0.692. The summed E-state index contributed by atoms with van der Waals surface area (Å²) < 4.78 is 34.9. The molecule has 5 atom stereocenters. The van der Waals surface area contributed by atoms with E-state index in [4.69, 9.17) is 15.2 Å². The molecule has 9 nitrogen and oxygen atoms in total. The lowest BCUT2D eigenvalue weighted by atomic mass is 9.99. The molecule has 4 N–H and O–H groups in total. The number of ether oxygens (including phenoxy) is 2. The Bertz CT molecular complexity index is 914. The van der Waals surface area contributed by atoms with Crippen LogP contribution in [0.4, 0.5) is 0 Å². The first-order valence-corrected chi connectivity index (χ1v) is 15.5. The fourth-order valence-electron chi connectivity index (χ4n) is 3.51. The van der Waals surface area contributed by atoms with Crippen LogP contribution in [0.15, 0.2) is 30.3 Å². The Balaban J connectivity index is 3.08. The topological polar surface area (TPSA) is 137 Å². The van der Waals surface area contributed by atoms with E-state index in [0.717, 1.165) is 18.2 Å². The highest BCUT2D eigenvalue weighted by molar-refractivity contribution is 7.90. The molecule has 212 valence electrons. The second-order valence-corrected chi connectivity index (χ2v) is 12.4. The summed E-state index contributed by atoms with van der Waals surface area (Å²) in [6, 6.07) is 8.17. The molecule has 1 amide bonds. The van der Waals surface area contributed by atoms with Gasteiger partial charge in [-0.05, 0) is 31.7 Å². The van der Waals surface area contributed by atoms with Crippen molar-refractivity contribution >= 4 is 34.3 Å². The molecule has 1 aromatic carbocycles. The Hall–Kier alpha value is -1.66. The van der Waals surface area contributed by atoms with Crippen molar-refractivity contribution in [1.29, 1.82) is 0 Å². The van der Waals surface area contributed by atoms with E-state index < -0.39 is 40.0 Å². The molecule has 11 heteroatoms. The van der Waals surface area contributed by atoms with E-state index >= 15 is 0 Å². The number of nitrogens with two attached hydrogens (primary N) is 1. The molecule has 0 heterocycles. The Morgan fingerprint density at radius 3 is 2.32 bits per heavy atom. The van der Waals surface area contributed by atoms with Crippen LogP contribution >= 0.6 is 12.6 Å². The number of carbonyl (C=O) groups excluding carboxylic acids is 2. The molecule has 0 fully saturated rings. The third kappa shape index (κ3) is 14.2. The largest absolute Gasteiger partial charge is 0.461 e. The second kappa shape index (κ2) is 17.0. The lowest BCUT2D eigenvalue weighted by Gasteiger charge is -2.28. The van der Waals surface area contributed by atoms with Crippen LogP contribution in [0, 0.1) is 5.92 Å². The van der Waals surface area contributed by atoms with Gasteiger partial charge < -0.3 is 25.8 Å². The van der Waals surface area contributed by atoms with Crippen LogP contribution in [0.2, 0.25) is 0 Å². The van der Waals surface area contributed by atoms with Gasteiger partial charge in [0.1, 0.15) is 22.0 Å². The van der Waals surface area contributed by atoms with Gasteiger partial charge in [-0.25, -0.2) is 13.2 Å². The van der Waals surface area contributed by atoms with Gasteiger partial charge in [-0.15, -0.1) is 0 Å². The number of sulfone groups is 1. The van der Waals surface area contributed by atoms with E-state index in [1.807, 2.05) is 30.3 Å². The Labute approximate surface area is 228 Å². The monoisotopic (exact) mass is 559 g/mol. The zero-order chi connectivity index (χ0) is 28.0. The minimum Gasteiger partial charge on any atom is -0.461 e. The van der Waals surface area contributed by atoms with Crippen molar-refractivity contribution in [2.45, 2.75) is 77.3 Å². The van der Waals surface area contributed by atoms with Crippen LogP contribution in [0.3, 0.4) is 0 Å². The summed E-state index contributed by atoms with van der Waals surface area (Å²) in [6.45, 7) is 8.38. The minimum absolute atomic E-state index is 0.0473. The summed E-state index contributed by atoms with van der Waals surface area (Å²) in [4.78, 5) is 26.1. The predicted octanol–water partition coefficient (Wildman–Crippen LogP) is 1.75. The van der Waals surface area contributed by atoms with Crippen molar-refractivity contribution in [3.63, 3.8) is 0 Å². The van der Waals surface area contributed by atoms with E-state index in [9.17, 15) is 18.0 Å². The molecule has 0 aliphatic rings. The second-order valence-electron chi connectivity index (χ2n) is 9.82. The van der Waals surface area contributed by atoms with Gasteiger partial charge in [0.2, 0.25) is 5.91 Å². The van der Waals surface area contributed by atoms with E-state index in [0.29, 0.717) is 12.3 Å². The van der Waals surface area contributed by atoms with Crippen molar-refractivity contribution in [2.75, 3.05) is 30.9 Å². The average Bonchev–Trinajstić information content (AvgIpc) is 2.84. The summed E-state index contributed by atoms with van der Waals surface area (Å²) in [5.41, 5.74) is 6.91. The zero-order valence-corrected chi connectivity index (χ0v) is 24.4. The first-order valence-electron chi connectivity index (χ1n) is 12.8. The molecular formula is C26H45N3O6S2. The maximum Gasteiger partial charge on any atom is 0.328 e. The van der Waals surface area contributed by atoms with Crippen molar-refractivity contribution in [2.24, 2.45) is 11.7 Å². The number of carbonyl (C=O) groups is 2. The highest BCUT2D eigenvalue weighted by Crippen LogP contribution is 2.13. The molecule has 0 aliphatic heterocycles. The number of nitrogens with one attached hydrogen (secondary N) is 2. The van der Waals surface area contributed by atoms with Gasteiger partial charge in [-0.1, -0.05) is 50.6 Å². The quantitative estimate of drug-likeness (QED) is 0.158. The summed E-state index contributed by atoms with van der Waals surface area (Å²) >= 11 is 4.24. The molecule has 0 spiro atoms.